The van der Waals surface area contributed by atoms with Gasteiger partial charge in [0, 0.05) is 0 Å². The van der Waals surface area contributed by atoms with E-state index in [2.05, 4.69) is 13.8 Å². The molecule has 23 heavy (non-hydrogen) atoms. The molecule has 132 valence electrons. The third kappa shape index (κ3) is 9.96. The standard InChI is InChI=1S/C19H33O3P/c1-3-5-7-12-16-21-23(20,22-17-13-8-6-4-2)18-19-14-10-9-11-15-19/h9-11,14-15H,3-8,12-13,16-18H2,1-2H3. The van der Waals surface area contributed by atoms with Gasteiger partial charge in [0.15, 0.2) is 0 Å². The van der Waals surface area contributed by atoms with Crippen LogP contribution in [0.5, 0.6) is 0 Å². The minimum Gasteiger partial charge on any atom is -0.308 e. The Bertz CT molecular complexity index is 416. The van der Waals surface area contributed by atoms with Crippen LogP contribution in [0.1, 0.15) is 70.8 Å². The lowest BCUT2D eigenvalue weighted by Gasteiger charge is -2.19. The minimum atomic E-state index is -3.04. The zero-order valence-electron chi connectivity index (χ0n) is 14.8. The average Bonchev–Trinajstić information content (AvgIpc) is 2.55. The molecule has 0 saturated heterocycles. The Balaban J connectivity index is 2.47. The number of hydrogen-bond donors (Lipinski definition) is 0. The fraction of sp³-hybridized carbons (Fsp3) is 0.684. The molecule has 0 amide bonds. The van der Waals surface area contributed by atoms with Gasteiger partial charge in [0.2, 0.25) is 0 Å². The van der Waals surface area contributed by atoms with Crippen LogP contribution in [0.4, 0.5) is 0 Å². The van der Waals surface area contributed by atoms with E-state index in [-0.39, 0.29) is 0 Å². The molecule has 0 saturated carbocycles. The van der Waals surface area contributed by atoms with Gasteiger partial charge in [-0.3, -0.25) is 4.57 Å². The second-order valence-electron chi connectivity index (χ2n) is 6.04. The van der Waals surface area contributed by atoms with Gasteiger partial charge in [0.25, 0.3) is 0 Å². The molecule has 0 fully saturated rings. The Kier molecular flexibility index (Phi) is 11.3. The van der Waals surface area contributed by atoms with Crippen LogP contribution in [0.15, 0.2) is 30.3 Å². The predicted octanol–water partition coefficient (Wildman–Crippen LogP) is 6.57. The van der Waals surface area contributed by atoms with Crippen LogP contribution in [0, 0.1) is 0 Å². The summed E-state index contributed by atoms with van der Waals surface area (Å²) in [7, 11) is -3.04. The number of hydrogen-bond acceptors (Lipinski definition) is 3. The smallest absolute Gasteiger partial charge is 0.308 e. The SMILES string of the molecule is CCCCCCOP(=O)(Cc1ccccc1)OCCCCCC. The molecule has 1 rings (SSSR count). The predicted molar refractivity (Wildman–Crippen MR) is 97.9 cm³/mol. The molecule has 1 aromatic rings. The van der Waals surface area contributed by atoms with Crippen LogP contribution in [0.2, 0.25) is 0 Å². The Hall–Kier alpha value is -0.630. The molecule has 1 aromatic carbocycles. The first kappa shape index (κ1) is 20.4. The first-order valence-corrected chi connectivity index (χ1v) is 10.8. The van der Waals surface area contributed by atoms with Crippen LogP contribution < -0.4 is 0 Å². The van der Waals surface area contributed by atoms with E-state index in [4.69, 9.17) is 9.05 Å². The Morgan fingerprint density at radius 3 is 1.78 bits per heavy atom. The molecular formula is C19H33O3P. The second-order valence-corrected chi connectivity index (χ2v) is 8.10. The largest absolute Gasteiger partial charge is 0.335 e. The normalized spacial score (nSPS) is 11.7. The highest BCUT2D eigenvalue weighted by Crippen LogP contribution is 2.51. The molecule has 0 aliphatic rings. The van der Waals surface area contributed by atoms with E-state index < -0.39 is 7.60 Å². The third-order valence-corrected chi connectivity index (χ3v) is 5.70. The first-order valence-electron chi connectivity index (χ1n) is 9.12. The Morgan fingerprint density at radius 1 is 0.783 bits per heavy atom. The third-order valence-electron chi connectivity index (χ3n) is 3.79. The second kappa shape index (κ2) is 12.8. The highest BCUT2D eigenvalue weighted by atomic mass is 31.2. The van der Waals surface area contributed by atoms with Crippen molar-refractivity contribution >= 4 is 7.60 Å². The van der Waals surface area contributed by atoms with Gasteiger partial charge in [-0.25, -0.2) is 0 Å². The zero-order chi connectivity index (χ0) is 16.8. The number of rotatable bonds is 14. The van der Waals surface area contributed by atoms with Gasteiger partial charge < -0.3 is 9.05 Å². The summed E-state index contributed by atoms with van der Waals surface area (Å²) in [5.74, 6) is 0. The van der Waals surface area contributed by atoms with Gasteiger partial charge in [0.05, 0.1) is 19.4 Å². The molecule has 0 aromatic heterocycles. The Morgan fingerprint density at radius 2 is 1.30 bits per heavy atom. The van der Waals surface area contributed by atoms with Crippen molar-refractivity contribution in [2.75, 3.05) is 13.2 Å². The average molecular weight is 340 g/mol. The summed E-state index contributed by atoms with van der Waals surface area (Å²) in [6.07, 6.45) is 9.29. The molecule has 3 nitrogen and oxygen atoms in total. The molecule has 0 spiro atoms. The fourth-order valence-corrected chi connectivity index (χ4v) is 4.13. The maximum Gasteiger partial charge on any atom is 0.335 e. The van der Waals surface area contributed by atoms with Gasteiger partial charge >= 0.3 is 7.60 Å². The maximum atomic E-state index is 13.0. The molecule has 0 heterocycles. The van der Waals surface area contributed by atoms with E-state index in [1.165, 1.54) is 25.7 Å². The molecule has 4 heteroatoms. The van der Waals surface area contributed by atoms with Crippen molar-refractivity contribution in [3.05, 3.63) is 35.9 Å². The minimum absolute atomic E-state index is 0.370. The van der Waals surface area contributed by atoms with Crippen LogP contribution in [0.25, 0.3) is 0 Å². The van der Waals surface area contributed by atoms with E-state index in [9.17, 15) is 4.57 Å². The van der Waals surface area contributed by atoms with E-state index in [1.54, 1.807) is 0 Å². The summed E-state index contributed by atoms with van der Waals surface area (Å²) in [6, 6.07) is 9.84. The molecule has 0 N–H and O–H groups in total. The lowest BCUT2D eigenvalue weighted by molar-refractivity contribution is 0.197. The van der Waals surface area contributed by atoms with E-state index in [0.717, 1.165) is 31.2 Å². The molecule has 0 unspecified atom stereocenters. The summed E-state index contributed by atoms with van der Waals surface area (Å²) < 4.78 is 24.4. The highest BCUT2D eigenvalue weighted by molar-refractivity contribution is 7.53. The van der Waals surface area contributed by atoms with E-state index >= 15 is 0 Å². The fourth-order valence-electron chi connectivity index (χ4n) is 2.40. The molecule has 0 radical (unpaired) electrons. The summed E-state index contributed by atoms with van der Waals surface area (Å²) in [5, 5.41) is 0. The van der Waals surface area contributed by atoms with Gasteiger partial charge in [-0.05, 0) is 18.4 Å². The topological polar surface area (TPSA) is 35.5 Å². The summed E-state index contributed by atoms with van der Waals surface area (Å²) in [5.41, 5.74) is 1.01. The van der Waals surface area contributed by atoms with Gasteiger partial charge in [0.1, 0.15) is 0 Å². The quantitative estimate of drug-likeness (QED) is 0.284. The number of benzene rings is 1. The zero-order valence-corrected chi connectivity index (χ0v) is 15.7. The van der Waals surface area contributed by atoms with Crippen molar-refractivity contribution in [1.29, 1.82) is 0 Å². The first-order chi connectivity index (χ1) is 11.2. The van der Waals surface area contributed by atoms with Gasteiger partial charge in [-0.2, -0.15) is 0 Å². The van der Waals surface area contributed by atoms with Crippen molar-refractivity contribution < 1.29 is 13.6 Å². The van der Waals surface area contributed by atoms with Crippen LogP contribution in [0.3, 0.4) is 0 Å². The van der Waals surface area contributed by atoms with Crippen LogP contribution >= 0.6 is 7.60 Å². The monoisotopic (exact) mass is 340 g/mol. The van der Waals surface area contributed by atoms with Gasteiger partial charge in [-0.15, -0.1) is 0 Å². The van der Waals surface area contributed by atoms with E-state index in [0.29, 0.717) is 19.4 Å². The van der Waals surface area contributed by atoms with Crippen molar-refractivity contribution in [1.82, 2.24) is 0 Å². The lowest BCUT2D eigenvalue weighted by atomic mass is 10.2. The van der Waals surface area contributed by atoms with Gasteiger partial charge in [-0.1, -0.05) is 82.7 Å². The van der Waals surface area contributed by atoms with E-state index in [1.807, 2.05) is 30.3 Å². The summed E-state index contributed by atoms with van der Waals surface area (Å²) >= 11 is 0. The summed E-state index contributed by atoms with van der Waals surface area (Å²) in [4.78, 5) is 0. The molecular weight excluding hydrogens is 307 g/mol. The molecule has 0 aliphatic heterocycles. The molecule has 0 atom stereocenters. The van der Waals surface area contributed by atoms with Crippen LogP contribution in [-0.2, 0) is 19.8 Å². The van der Waals surface area contributed by atoms with Crippen molar-refractivity contribution in [3.63, 3.8) is 0 Å². The Labute approximate surface area is 142 Å². The van der Waals surface area contributed by atoms with Crippen molar-refractivity contribution in [2.24, 2.45) is 0 Å². The molecule has 0 bridgehead atoms. The lowest BCUT2D eigenvalue weighted by Crippen LogP contribution is -2.02. The highest BCUT2D eigenvalue weighted by Gasteiger charge is 2.24. The van der Waals surface area contributed by atoms with Crippen molar-refractivity contribution in [2.45, 2.75) is 71.4 Å². The maximum absolute atomic E-state index is 13.0. The number of unbranched alkanes of at least 4 members (excludes halogenated alkanes) is 6. The van der Waals surface area contributed by atoms with Crippen LogP contribution in [-0.4, -0.2) is 13.2 Å². The van der Waals surface area contributed by atoms with Crippen molar-refractivity contribution in [3.8, 4) is 0 Å². The molecule has 0 aliphatic carbocycles. The summed E-state index contributed by atoms with van der Waals surface area (Å²) in [6.45, 7) is 5.42.